The summed E-state index contributed by atoms with van der Waals surface area (Å²) in [4.78, 5) is 1.40. The van der Waals surface area contributed by atoms with Crippen molar-refractivity contribution in [2.75, 3.05) is 0 Å². The van der Waals surface area contributed by atoms with Crippen molar-refractivity contribution < 1.29 is 0 Å². The molecule has 0 fully saturated rings. The minimum absolute atomic E-state index is 0.731. The van der Waals surface area contributed by atoms with E-state index in [2.05, 4.69) is 51.1 Å². The standard InChI is InChI=1S/C15H24S/c1-4-5-9-13(2)12-14(3)16-15-10-7-6-8-11-15/h6-8,10-11,13-14H,4-5,9,12H2,1-3H3. The fourth-order valence-corrected chi connectivity index (χ4v) is 3.22. The molecule has 0 aliphatic heterocycles. The second kappa shape index (κ2) is 7.78. The van der Waals surface area contributed by atoms with Crippen LogP contribution in [0.3, 0.4) is 0 Å². The van der Waals surface area contributed by atoms with Crippen LogP contribution in [0, 0.1) is 5.92 Å². The zero-order chi connectivity index (χ0) is 11.8. The molecule has 1 aromatic carbocycles. The fraction of sp³-hybridized carbons (Fsp3) is 0.600. The highest BCUT2D eigenvalue weighted by molar-refractivity contribution is 7.99. The zero-order valence-electron chi connectivity index (χ0n) is 10.8. The summed E-state index contributed by atoms with van der Waals surface area (Å²) in [6.07, 6.45) is 5.42. The van der Waals surface area contributed by atoms with Crippen LogP contribution in [0.4, 0.5) is 0 Å². The third-order valence-corrected chi connectivity index (χ3v) is 4.00. The Kier molecular flexibility index (Phi) is 6.63. The molecule has 0 radical (unpaired) electrons. The van der Waals surface area contributed by atoms with Crippen molar-refractivity contribution in [3.63, 3.8) is 0 Å². The van der Waals surface area contributed by atoms with Crippen LogP contribution in [0.25, 0.3) is 0 Å². The molecule has 0 spiro atoms. The normalized spacial score (nSPS) is 14.7. The monoisotopic (exact) mass is 236 g/mol. The molecule has 0 aromatic heterocycles. The Morgan fingerprint density at radius 3 is 2.44 bits per heavy atom. The lowest BCUT2D eigenvalue weighted by Crippen LogP contribution is -2.04. The smallest absolute Gasteiger partial charge is 0.00746 e. The zero-order valence-corrected chi connectivity index (χ0v) is 11.6. The molecule has 0 aliphatic carbocycles. The van der Waals surface area contributed by atoms with Gasteiger partial charge in [0.1, 0.15) is 0 Å². The number of hydrogen-bond donors (Lipinski definition) is 0. The van der Waals surface area contributed by atoms with Crippen molar-refractivity contribution in [2.24, 2.45) is 5.92 Å². The minimum Gasteiger partial charge on any atom is -0.123 e. The molecule has 1 rings (SSSR count). The van der Waals surface area contributed by atoms with Crippen molar-refractivity contribution in [3.05, 3.63) is 30.3 Å². The van der Waals surface area contributed by atoms with Crippen LogP contribution >= 0.6 is 11.8 Å². The molecule has 1 heteroatoms. The molecular formula is C15H24S. The molecule has 2 atom stereocenters. The van der Waals surface area contributed by atoms with Crippen molar-refractivity contribution in [3.8, 4) is 0 Å². The van der Waals surface area contributed by atoms with Gasteiger partial charge < -0.3 is 0 Å². The predicted octanol–water partition coefficient (Wildman–Crippen LogP) is 5.38. The number of unbranched alkanes of at least 4 members (excludes halogenated alkanes) is 1. The molecule has 90 valence electrons. The molecule has 0 heterocycles. The van der Waals surface area contributed by atoms with Gasteiger partial charge in [-0.05, 0) is 24.5 Å². The maximum absolute atomic E-state index is 2.39. The van der Waals surface area contributed by atoms with Gasteiger partial charge in [0.15, 0.2) is 0 Å². The van der Waals surface area contributed by atoms with Crippen molar-refractivity contribution in [2.45, 2.75) is 56.6 Å². The molecule has 0 nitrogen and oxygen atoms in total. The SMILES string of the molecule is CCCCC(C)CC(C)Sc1ccccc1. The lowest BCUT2D eigenvalue weighted by molar-refractivity contribution is 0.471. The quantitative estimate of drug-likeness (QED) is 0.572. The van der Waals surface area contributed by atoms with E-state index < -0.39 is 0 Å². The van der Waals surface area contributed by atoms with Crippen molar-refractivity contribution in [1.82, 2.24) is 0 Å². The largest absolute Gasteiger partial charge is 0.123 e. The average molecular weight is 236 g/mol. The van der Waals surface area contributed by atoms with E-state index in [0.29, 0.717) is 0 Å². The summed E-state index contributed by atoms with van der Waals surface area (Å²) in [7, 11) is 0. The molecule has 1 aromatic rings. The van der Waals surface area contributed by atoms with Crippen LogP contribution in [0.1, 0.15) is 46.5 Å². The van der Waals surface area contributed by atoms with E-state index in [0.717, 1.165) is 11.2 Å². The molecule has 0 amide bonds. The van der Waals surface area contributed by atoms with Gasteiger partial charge in [0, 0.05) is 10.1 Å². The molecule has 2 unspecified atom stereocenters. The number of benzene rings is 1. The van der Waals surface area contributed by atoms with Gasteiger partial charge in [-0.25, -0.2) is 0 Å². The minimum atomic E-state index is 0.731. The van der Waals surface area contributed by atoms with Gasteiger partial charge in [-0.3, -0.25) is 0 Å². The van der Waals surface area contributed by atoms with Crippen molar-refractivity contribution >= 4 is 11.8 Å². The summed E-state index contributed by atoms with van der Waals surface area (Å²) in [5.74, 6) is 0.867. The van der Waals surface area contributed by atoms with Gasteiger partial charge in [-0.1, -0.05) is 58.2 Å². The van der Waals surface area contributed by atoms with E-state index in [1.165, 1.54) is 30.6 Å². The summed E-state index contributed by atoms with van der Waals surface area (Å²) in [6, 6.07) is 10.7. The van der Waals surface area contributed by atoms with Crippen LogP contribution in [0.2, 0.25) is 0 Å². The van der Waals surface area contributed by atoms with E-state index in [-0.39, 0.29) is 0 Å². The van der Waals surface area contributed by atoms with Crippen LogP contribution < -0.4 is 0 Å². The average Bonchev–Trinajstić information content (AvgIpc) is 2.27. The van der Waals surface area contributed by atoms with Crippen LogP contribution in [0.5, 0.6) is 0 Å². The first-order valence-electron chi connectivity index (χ1n) is 6.44. The Bertz CT molecular complexity index is 268. The third-order valence-electron chi connectivity index (χ3n) is 2.87. The summed E-state index contributed by atoms with van der Waals surface area (Å²) < 4.78 is 0. The summed E-state index contributed by atoms with van der Waals surface area (Å²) in [5.41, 5.74) is 0. The summed E-state index contributed by atoms with van der Waals surface area (Å²) in [6.45, 7) is 7.01. The molecule has 0 bridgehead atoms. The van der Waals surface area contributed by atoms with E-state index in [1.54, 1.807) is 0 Å². The Morgan fingerprint density at radius 2 is 1.81 bits per heavy atom. The second-order valence-corrected chi connectivity index (χ2v) is 6.24. The fourth-order valence-electron chi connectivity index (χ4n) is 2.02. The van der Waals surface area contributed by atoms with E-state index >= 15 is 0 Å². The van der Waals surface area contributed by atoms with Gasteiger partial charge in [-0.2, -0.15) is 0 Å². The van der Waals surface area contributed by atoms with Gasteiger partial charge in [0.2, 0.25) is 0 Å². The maximum atomic E-state index is 2.39. The molecule has 0 saturated heterocycles. The van der Waals surface area contributed by atoms with Gasteiger partial charge in [0.25, 0.3) is 0 Å². The predicted molar refractivity (Wildman–Crippen MR) is 75.1 cm³/mol. The van der Waals surface area contributed by atoms with E-state index in [9.17, 15) is 0 Å². The molecule has 0 saturated carbocycles. The van der Waals surface area contributed by atoms with Crippen LogP contribution in [-0.4, -0.2) is 5.25 Å². The van der Waals surface area contributed by atoms with E-state index in [4.69, 9.17) is 0 Å². The van der Waals surface area contributed by atoms with Crippen LogP contribution in [-0.2, 0) is 0 Å². The Labute approximate surface area is 105 Å². The van der Waals surface area contributed by atoms with Crippen LogP contribution in [0.15, 0.2) is 35.2 Å². The Balaban J connectivity index is 2.27. The molecule has 16 heavy (non-hydrogen) atoms. The number of rotatable bonds is 7. The molecule has 0 aliphatic rings. The first-order chi connectivity index (χ1) is 7.72. The van der Waals surface area contributed by atoms with Gasteiger partial charge >= 0.3 is 0 Å². The molecular weight excluding hydrogens is 212 g/mol. The Morgan fingerprint density at radius 1 is 1.12 bits per heavy atom. The highest BCUT2D eigenvalue weighted by Crippen LogP contribution is 2.28. The third kappa shape index (κ3) is 5.60. The van der Waals surface area contributed by atoms with E-state index in [1.807, 2.05) is 11.8 Å². The first-order valence-corrected chi connectivity index (χ1v) is 7.32. The van der Waals surface area contributed by atoms with Gasteiger partial charge in [-0.15, -0.1) is 11.8 Å². The summed E-state index contributed by atoms with van der Waals surface area (Å²) in [5, 5.41) is 0.731. The maximum Gasteiger partial charge on any atom is 0.00746 e. The first kappa shape index (κ1) is 13.6. The van der Waals surface area contributed by atoms with Gasteiger partial charge in [0.05, 0.1) is 0 Å². The second-order valence-electron chi connectivity index (χ2n) is 4.72. The Hall–Kier alpha value is -0.430. The highest BCUT2D eigenvalue weighted by atomic mass is 32.2. The number of hydrogen-bond acceptors (Lipinski definition) is 1. The highest BCUT2D eigenvalue weighted by Gasteiger charge is 2.09. The topological polar surface area (TPSA) is 0 Å². The molecule has 0 N–H and O–H groups in total. The lowest BCUT2D eigenvalue weighted by atomic mass is 9.99. The lowest BCUT2D eigenvalue weighted by Gasteiger charge is -2.16. The van der Waals surface area contributed by atoms with Crippen molar-refractivity contribution in [1.29, 1.82) is 0 Å². The summed E-state index contributed by atoms with van der Waals surface area (Å²) >= 11 is 2.01. The number of thioether (sulfide) groups is 1.